The third-order valence-electron chi connectivity index (χ3n) is 4.75. The Morgan fingerprint density at radius 3 is 2.46 bits per heavy atom. The Balaban J connectivity index is 2.64. The Morgan fingerprint density at radius 1 is 1.27 bits per heavy atom. The highest BCUT2D eigenvalue weighted by molar-refractivity contribution is 6.74. The molecule has 1 atom stereocenters. The molecule has 1 rings (SSSR count). The van der Waals surface area contributed by atoms with Crippen molar-refractivity contribution in [2.75, 3.05) is 13.7 Å². The summed E-state index contributed by atoms with van der Waals surface area (Å²) in [5.74, 6) is -1.28. The lowest BCUT2D eigenvalue weighted by atomic mass is 10.1. The number of nitrogens with one attached hydrogen (secondary N) is 1. The van der Waals surface area contributed by atoms with Crippen LogP contribution >= 0.6 is 0 Å². The molecule has 0 fully saturated rings. The molecule has 7 heteroatoms. The lowest BCUT2D eigenvalue weighted by Gasteiger charge is -2.36. The summed E-state index contributed by atoms with van der Waals surface area (Å²) in [7, 11) is -0.650. The van der Waals surface area contributed by atoms with Crippen LogP contribution in [0.25, 0.3) is 0 Å². The van der Waals surface area contributed by atoms with Crippen LogP contribution in [0.2, 0.25) is 18.1 Å². The number of halogens is 1. The van der Waals surface area contributed by atoms with Crippen molar-refractivity contribution in [1.29, 1.82) is 0 Å². The smallest absolute Gasteiger partial charge is 0.328 e. The number of benzene rings is 1. The molecule has 0 bridgehead atoms. The maximum Gasteiger partial charge on any atom is 0.328 e. The number of methoxy groups -OCH3 is 1. The molecule has 146 valence electrons. The highest BCUT2D eigenvalue weighted by Crippen LogP contribution is 2.36. The molecule has 0 aliphatic heterocycles. The fourth-order valence-electron chi connectivity index (χ4n) is 2.12. The minimum atomic E-state index is -1.93. The van der Waals surface area contributed by atoms with Crippen LogP contribution in [0.1, 0.15) is 32.8 Å². The second kappa shape index (κ2) is 9.28. The highest BCUT2D eigenvalue weighted by atomic mass is 28.4. The van der Waals surface area contributed by atoms with Gasteiger partial charge in [0.25, 0.3) is 0 Å². The number of hydrogen-bond acceptors (Lipinski definition) is 4. The Morgan fingerprint density at radius 2 is 1.92 bits per heavy atom. The molecule has 0 saturated carbocycles. The Kier molecular flexibility index (Phi) is 7.96. The number of esters is 1. The lowest BCUT2D eigenvalue weighted by Crippen LogP contribution is -2.45. The molecule has 1 aromatic carbocycles. The van der Waals surface area contributed by atoms with E-state index in [4.69, 9.17) is 9.16 Å². The van der Waals surface area contributed by atoms with E-state index in [9.17, 15) is 14.0 Å². The van der Waals surface area contributed by atoms with E-state index in [1.54, 1.807) is 12.1 Å². The van der Waals surface area contributed by atoms with Crippen LogP contribution in [0.5, 0.6) is 0 Å². The van der Waals surface area contributed by atoms with Gasteiger partial charge in [0.1, 0.15) is 11.9 Å². The number of rotatable bonds is 8. The van der Waals surface area contributed by atoms with Crippen LogP contribution in [-0.2, 0) is 25.2 Å². The minimum absolute atomic E-state index is 0.00561. The molecule has 0 heterocycles. The number of carbonyl (C=O) groups is 2. The molecule has 0 spiro atoms. The summed E-state index contributed by atoms with van der Waals surface area (Å²) < 4.78 is 24.1. The number of carbonyl (C=O) groups excluding carboxylic acids is 2. The maximum atomic E-state index is 13.2. The predicted molar refractivity (Wildman–Crippen MR) is 102 cm³/mol. The molecule has 0 aromatic heterocycles. The molecule has 0 radical (unpaired) electrons. The van der Waals surface area contributed by atoms with Crippen LogP contribution in [0.4, 0.5) is 4.39 Å². The summed E-state index contributed by atoms with van der Waals surface area (Å²) in [6.07, 6.45) is 0.322. The topological polar surface area (TPSA) is 64.6 Å². The van der Waals surface area contributed by atoms with Crippen LogP contribution in [-0.4, -0.2) is 40.0 Å². The first kappa shape index (κ1) is 22.3. The molecule has 5 nitrogen and oxygen atoms in total. The summed E-state index contributed by atoms with van der Waals surface area (Å²) >= 11 is 0. The van der Waals surface area contributed by atoms with E-state index in [1.165, 1.54) is 19.2 Å². The van der Waals surface area contributed by atoms with E-state index in [2.05, 4.69) is 39.2 Å². The van der Waals surface area contributed by atoms with Gasteiger partial charge in [-0.25, -0.2) is 9.18 Å². The second-order valence-electron chi connectivity index (χ2n) is 7.85. The molecular weight excluding hydrogens is 353 g/mol. The summed E-state index contributed by atoms with van der Waals surface area (Å²) in [6, 6.07) is 5.04. The quantitative estimate of drug-likeness (QED) is 0.552. The standard InChI is InChI=1S/C19H30FNO4Si/c1-19(2,3)26(5,6)25-11-10-16(18(23)24-4)21-17(22)13-14-8-7-9-15(20)12-14/h7-9,12,16H,10-11,13H2,1-6H3,(H,21,22)/t16-/m0/s1. The third-order valence-corrected chi connectivity index (χ3v) is 9.29. The van der Waals surface area contributed by atoms with Crippen LogP contribution in [0, 0.1) is 5.82 Å². The van der Waals surface area contributed by atoms with Crippen LogP contribution < -0.4 is 5.32 Å². The van der Waals surface area contributed by atoms with E-state index in [0.29, 0.717) is 18.6 Å². The number of ether oxygens (including phenoxy) is 1. The first-order chi connectivity index (χ1) is 12.0. The van der Waals surface area contributed by atoms with Gasteiger partial charge in [-0.3, -0.25) is 4.79 Å². The molecule has 26 heavy (non-hydrogen) atoms. The molecule has 1 amide bonds. The molecule has 0 saturated heterocycles. The van der Waals surface area contributed by atoms with Crippen molar-refractivity contribution < 1.29 is 23.1 Å². The van der Waals surface area contributed by atoms with Gasteiger partial charge in [-0.15, -0.1) is 0 Å². The van der Waals surface area contributed by atoms with Crippen molar-refractivity contribution in [1.82, 2.24) is 5.32 Å². The summed E-state index contributed by atoms with van der Waals surface area (Å²) in [6.45, 7) is 11.0. The van der Waals surface area contributed by atoms with Crippen molar-refractivity contribution in [2.45, 2.75) is 57.8 Å². The highest BCUT2D eigenvalue weighted by Gasteiger charge is 2.37. The maximum absolute atomic E-state index is 13.2. The monoisotopic (exact) mass is 383 g/mol. The SMILES string of the molecule is COC(=O)[C@H](CCO[Si](C)(C)C(C)(C)C)NC(=O)Cc1cccc(F)c1. The van der Waals surface area contributed by atoms with E-state index in [1.807, 2.05) is 0 Å². The normalized spacial score (nSPS) is 13.2. The van der Waals surface area contributed by atoms with Gasteiger partial charge in [-0.05, 0) is 35.8 Å². The van der Waals surface area contributed by atoms with Crippen molar-refractivity contribution in [3.8, 4) is 0 Å². The van der Waals surface area contributed by atoms with Gasteiger partial charge in [-0.1, -0.05) is 32.9 Å². The average molecular weight is 384 g/mol. The fourth-order valence-corrected chi connectivity index (χ4v) is 3.18. The lowest BCUT2D eigenvalue weighted by molar-refractivity contribution is -0.145. The van der Waals surface area contributed by atoms with E-state index < -0.39 is 26.1 Å². The first-order valence-electron chi connectivity index (χ1n) is 8.72. The average Bonchev–Trinajstić information content (AvgIpc) is 2.51. The number of amides is 1. The van der Waals surface area contributed by atoms with Crippen LogP contribution in [0.3, 0.4) is 0 Å². The molecule has 0 aliphatic rings. The zero-order chi connectivity index (χ0) is 20.0. The van der Waals surface area contributed by atoms with Crippen molar-refractivity contribution in [3.63, 3.8) is 0 Å². The first-order valence-corrected chi connectivity index (χ1v) is 11.6. The Bertz CT molecular complexity index is 628. The summed E-state index contributed by atoms with van der Waals surface area (Å²) in [5.41, 5.74) is 0.545. The minimum Gasteiger partial charge on any atom is -0.467 e. The zero-order valence-corrected chi connectivity index (χ0v) is 17.5. The largest absolute Gasteiger partial charge is 0.467 e. The predicted octanol–water partition coefficient (Wildman–Crippen LogP) is 3.44. The molecule has 0 unspecified atom stereocenters. The van der Waals surface area contributed by atoms with E-state index in [0.717, 1.165) is 0 Å². The Hall–Kier alpha value is -1.73. The van der Waals surface area contributed by atoms with E-state index in [-0.39, 0.29) is 17.4 Å². The van der Waals surface area contributed by atoms with Gasteiger partial charge < -0.3 is 14.5 Å². The van der Waals surface area contributed by atoms with Gasteiger partial charge in [0.15, 0.2) is 8.32 Å². The second-order valence-corrected chi connectivity index (χ2v) is 12.7. The summed E-state index contributed by atoms with van der Waals surface area (Å²) in [4.78, 5) is 24.2. The fraction of sp³-hybridized carbons (Fsp3) is 0.579. The molecule has 1 N–H and O–H groups in total. The number of hydrogen-bond donors (Lipinski definition) is 1. The van der Waals surface area contributed by atoms with Crippen LogP contribution in [0.15, 0.2) is 24.3 Å². The molecule has 1 aromatic rings. The van der Waals surface area contributed by atoms with Gasteiger partial charge in [0.2, 0.25) is 5.91 Å². The van der Waals surface area contributed by atoms with Crippen molar-refractivity contribution in [3.05, 3.63) is 35.6 Å². The summed E-state index contributed by atoms with van der Waals surface area (Å²) in [5, 5.41) is 2.72. The molecule has 0 aliphatic carbocycles. The van der Waals surface area contributed by atoms with Crippen molar-refractivity contribution >= 4 is 20.2 Å². The van der Waals surface area contributed by atoms with Gasteiger partial charge in [0, 0.05) is 13.0 Å². The zero-order valence-electron chi connectivity index (χ0n) is 16.5. The Labute approximate surface area is 156 Å². The van der Waals surface area contributed by atoms with Crippen molar-refractivity contribution in [2.24, 2.45) is 0 Å². The third kappa shape index (κ3) is 6.88. The van der Waals surface area contributed by atoms with Gasteiger partial charge in [-0.2, -0.15) is 0 Å². The molecular formula is C19H30FNO4Si. The van der Waals surface area contributed by atoms with E-state index >= 15 is 0 Å². The van der Waals surface area contributed by atoms with Gasteiger partial charge >= 0.3 is 5.97 Å². The van der Waals surface area contributed by atoms with Gasteiger partial charge in [0.05, 0.1) is 13.5 Å².